The van der Waals surface area contributed by atoms with Crippen LogP contribution in [0, 0.1) is 0 Å². The van der Waals surface area contributed by atoms with Gasteiger partial charge >= 0.3 is 0 Å². The molecule has 0 fully saturated rings. The van der Waals surface area contributed by atoms with Crippen molar-refractivity contribution < 1.29 is 8.42 Å². The molecule has 6 heteroatoms. The molecule has 0 aliphatic carbocycles. The van der Waals surface area contributed by atoms with Crippen LogP contribution in [0.3, 0.4) is 0 Å². The smallest absolute Gasteiger partial charge is 0.234 e. The zero-order chi connectivity index (χ0) is 28.8. The van der Waals surface area contributed by atoms with Gasteiger partial charge in [0, 0.05) is 49.8 Å². The highest BCUT2D eigenvalue weighted by Gasteiger charge is 2.19. The minimum absolute atomic E-state index is 0.261. The SMILES string of the molecule is O=S(=O)(Sc1ccc(N(c2ccccc2)c2ccccc2)cc1)c1ccc(N(c2ccccc2)c2ccccc2)cc1. The highest BCUT2D eigenvalue weighted by molar-refractivity contribution is 8.72. The van der Waals surface area contributed by atoms with Crippen molar-refractivity contribution in [1.29, 1.82) is 0 Å². The summed E-state index contributed by atoms with van der Waals surface area (Å²) in [6.45, 7) is 0. The first-order valence-electron chi connectivity index (χ1n) is 13.5. The number of hydrogen-bond donors (Lipinski definition) is 0. The Morgan fingerprint density at radius 2 is 0.643 bits per heavy atom. The number of hydrogen-bond acceptors (Lipinski definition) is 5. The maximum absolute atomic E-state index is 13.4. The van der Waals surface area contributed by atoms with Crippen LogP contribution in [0.15, 0.2) is 180 Å². The lowest BCUT2D eigenvalue weighted by atomic mass is 10.2. The highest BCUT2D eigenvalue weighted by atomic mass is 33.1. The van der Waals surface area contributed by atoms with E-state index < -0.39 is 8.87 Å². The van der Waals surface area contributed by atoms with E-state index in [1.165, 1.54) is 0 Å². The van der Waals surface area contributed by atoms with Crippen molar-refractivity contribution in [1.82, 2.24) is 0 Å². The second-order valence-corrected chi connectivity index (χ2v) is 13.4. The molecule has 206 valence electrons. The Balaban J connectivity index is 1.24. The van der Waals surface area contributed by atoms with Crippen LogP contribution in [0.2, 0.25) is 0 Å². The van der Waals surface area contributed by atoms with Gasteiger partial charge in [-0.3, -0.25) is 0 Å². The molecule has 6 rings (SSSR count). The number of benzene rings is 6. The molecular formula is C36H28N2O2S2. The van der Waals surface area contributed by atoms with Crippen molar-refractivity contribution in [2.45, 2.75) is 9.79 Å². The lowest BCUT2D eigenvalue weighted by Gasteiger charge is -2.25. The van der Waals surface area contributed by atoms with Gasteiger partial charge in [-0.2, -0.15) is 0 Å². The van der Waals surface area contributed by atoms with E-state index in [2.05, 4.69) is 34.1 Å². The predicted octanol–water partition coefficient (Wildman–Crippen LogP) is 10.1. The Kier molecular flexibility index (Phi) is 8.08. The molecule has 0 spiro atoms. The van der Waals surface area contributed by atoms with Crippen LogP contribution in [0.1, 0.15) is 0 Å². The third kappa shape index (κ3) is 6.10. The van der Waals surface area contributed by atoms with E-state index in [1.807, 2.05) is 133 Å². The van der Waals surface area contributed by atoms with E-state index >= 15 is 0 Å². The number of rotatable bonds is 9. The summed E-state index contributed by atoms with van der Waals surface area (Å²) >= 11 is 0. The van der Waals surface area contributed by atoms with Crippen molar-refractivity contribution in [3.63, 3.8) is 0 Å². The number of para-hydroxylation sites is 4. The first-order chi connectivity index (χ1) is 20.6. The van der Waals surface area contributed by atoms with Gasteiger partial charge in [0.25, 0.3) is 0 Å². The maximum atomic E-state index is 13.4. The van der Waals surface area contributed by atoms with Crippen LogP contribution in [0.4, 0.5) is 34.1 Å². The number of anilines is 6. The average Bonchev–Trinajstić information content (AvgIpc) is 3.04. The molecule has 0 bridgehead atoms. The third-order valence-corrected chi connectivity index (χ3v) is 10.1. The van der Waals surface area contributed by atoms with Crippen molar-refractivity contribution in [3.05, 3.63) is 170 Å². The van der Waals surface area contributed by atoms with Crippen molar-refractivity contribution >= 4 is 53.8 Å². The van der Waals surface area contributed by atoms with Crippen LogP contribution >= 0.6 is 10.8 Å². The summed E-state index contributed by atoms with van der Waals surface area (Å²) in [4.78, 5) is 5.16. The second-order valence-electron chi connectivity index (χ2n) is 9.54. The van der Waals surface area contributed by atoms with Gasteiger partial charge < -0.3 is 9.80 Å². The monoisotopic (exact) mass is 584 g/mol. The fourth-order valence-electron chi connectivity index (χ4n) is 4.79. The quantitative estimate of drug-likeness (QED) is 0.158. The molecule has 0 heterocycles. The molecule has 0 aromatic heterocycles. The van der Waals surface area contributed by atoms with Crippen molar-refractivity contribution in [3.8, 4) is 0 Å². The van der Waals surface area contributed by atoms with E-state index in [1.54, 1.807) is 12.1 Å². The average molecular weight is 585 g/mol. The first-order valence-corrected chi connectivity index (χ1v) is 16.4. The van der Waals surface area contributed by atoms with Crippen LogP contribution in [0.25, 0.3) is 0 Å². The highest BCUT2D eigenvalue weighted by Crippen LogP contribution is 2.39. The fraction of sp³-hybridized carbons (Fsp3) is 0. The van der Waals surface area contributed by atoms with E-state index in [9.17, 15) is 8.42 Å². The molecule has 0 radical (unpaired) electrons. The summed E-state index contributed by atoms with van der Waals surface area (Å²) in [7, 11) is -2.78. The summed E-state index contributed by atoms with van der Waals surface area (Å²) in [6, 6.07) is 55.0. The van der Waals surface area contributed by atoms with E-state index in [0.717, 1.165) is 44.9 Å². The van der Waals surface area contributed by atoms with Gasteiger partial charge in [0.1, 0.15) is 0 Å². The molecule has 0 amide bonds. The Morgan fingerprint density at radius 1 is 0.357 bits per heavy atom. The summed E-state index contributed by atoms with van der Waals surface area (Å²) < 4.78 is 26.8. The molecule has 0 N–H and O–H groups in total. The van der Waals surface area contributed by atoms with Crippen LogP contribution in [-0.2, 0) is 8.87 Å². The van der Waals surface area contributed by atoms with E-state index in [4.69, 9.17) is 0 Å². The van der Waals surface area contributed by atoms with Crippen molar-refractivity contribution in [2.24, 2.45) is 0 Å². The first kappa shape index (κ1) is 27.4. The molecule has 0 saturated heterocycles. The third-order valence-electron chi connectivity index (χ3n) is 6.74. The Labute approximate surface area is 250 Å². The van der Waals surface area contributed by atoms with Gasteiger partial charge in [-0.05, 0) is 97.1 Å². The lowest BCUT2D eigenvalue weighted by Crippen LogP contribution is -2.10. The standard InChI is InChI=1S/C36H28N2O2S2/c39-42(40,36-27-23-34(24-28-36)38(31-17-9-3-10-18-31)32-19-11-4-12-20-32)41-35-25-21-33(22-26-35)37(29-13-5-1-6-14-29)30-15-7-2-8-16-30/h1-28H. The maximum Gasteiger partial charge on any atom is 0.234 e. The Hall–Kier alpha value is -4.78. The number of nitrogens with zero attached hydrogens (tertiary/aromatic N) is 2. The molecule has 0 aliphatic heterocycles. The lowest BCUT2D eigenvalue weighted by molar-refractivity contribution is 0.610. The van der Waals surface area contributed by atoms with E-state index in [-0.39, 0.29) is 4.90 Å². The molecule has 0 aliphatic rings. The summed E-state index contributed by atoms with van der Waals surface area (Å²) in [5.41, 5.74) is 5.86. The second kappa shape index (κ2) is 12.4. The molecule has 4 nitrogen and oxygen atoms in total. The largest absolute Gasteiger partial charge is 0.311 e. The Bertz CT molecular complexity index is 1750. The Morgan fingerprint density at radius 3 is 0.976 bits per heavy atom. The van der Waals surface area contributed by atoms with Gasteiger partial charge in [0.15, 0.2) is 0 Å². The predicted molar refractivity (Wildman–Crippen MR) is 175 cm³/mol. The zero-order valence-corrected chi connectivity index (χ0v) is 24.3. The molecule has 0 saturated carbocycles. The summed E-state index contributed by atoms with van der Waals surface area (Å²) in [5.74, 6) is 0. The van der Waals surface area contributed by atoms with Crippen LogP contribution in [0.5, 0.6) is 0 Å². The molecular weight excluding hydrogens is 557 g/mol. The normalized spacial score (nSPS) is 11.1. The van der Waals surface area contributed by atoms with Crippen LogP contribution in [-0.4, -0.2) is 8.42 Å². The summed E-state index contributed by atoms with van der Waals surface area (Å²) in [6.07, 6.45) is 0. The molecule has 0 atom stereocenters. The van der Waals surface area contributed by atoms with Crippen LogP contribution < -0.4 is 9.80 Å². The summed E-state index contributed by atoms with van der Waals surface area (Å²) in [5, 5.41) is 0. The fourth-order valence-corrected chi connectivity index (χ4v) is 7.57. The zero-order valence-electron chi connectivity index (χ0n) is 22.7. The van der Waals surface area contributed by atoms with Gasteiger partial charge in [-0.15, -0.1) is 0 Å². The minimum atomic E-state index is -3.64. The van der Waals surface area contributed by atoms with Gasteiger partial charge in [0.2, 0.25) is 8.87 Å². The van der Waals surface area contributed by atoms with E-state index in [0.29, 0.717) is 4.90 Å². The molecule has 0 unspecified atom stereocenters. The molecule has 6 aromatic rings. The van der Waals surface area contributed by atoms with Gasteiger partial charge in [-0.1, -0.05) is 72.8 Å². The topological polar surface area (TPSA) is 40.6 Å². The molecule has 6 aromatic carbocycles. The van der Waals surface area contributed by atoms with Gasteiger partial charge in [0.05, 0.1) is 4.90 Å². The minimum Gasteiger partial charge on any atom is -0.311 e. The molecule has 42 heavy (non-hydrogen) atoms. The van der Waals surface area contributed by atoms with Gasteiger partial charge in [-0.25, -0.2) is 8.42 Å². The van der Waals surface area contributed by atoms with Crippen molar-refractivity contribution in [2.75, 3.05) is 9.80 Å².